The Morgan fingerprint density at radius 2 is 2.00 bits per heavy atom. The van der Waals surface area contributed by atoms with Gasteiger partial charge in [0.25, 0.3) is 0 Å². The Hall–Kier alpha value is -2.65. The van der Waals surface area contributed by atoms with Crippen LogP contribution in [0.25, 0.3) is 0 Å². The second-order valence-corrected chi connectivity index (χ2v) is 7.66. The van der Waals surface area contributed by atoms with Gasteiger partial charge in [0.1, 0.15) is 10.7 Å². The van der Waals surface area contributed by atoms with E-state index in [0.29, 0.717) is 22.1 Å². The maximum atomic E-state index is 12.3. The van der Waals surface area contributed by atoms with E-state index in [1.165, 1.54) is 30.2 Å². The van der Waals surface area contributed by atoms with E-state index in [2.05, 4.69) is 27.6 Å². The van der Waals surface area contributed by atoms with Crippen LogP contribution in [0, 0.1) is 0 Å². The van der Waals surface area contributed by atoms with Gasteiger partial charge in [0.15, 0.2) is 5.16 Å². The van der Waals surface area contributed by atoms with Gasteiger partial charge in [-0.1, -0.05) is 42.1 Å². The summed E-state index contributed by atoms with van der Waals surface area (Å²) in [6.45, 7) is 2.74. The third-order valence-electron chi connectivity index (χ3n) is 3.96. The van der Waals surface area contributed by atoms with E-state index in [1.54, 1.807) is 11.4 Å². The normalized spacial score (nSPS) is 10.6. The van der Waals surface area contributed by atoms with Crippen LogP contribution in [0.2, 0.25) is 0 Å². The molecule has 0 radical (unpaired) electrons. The summed E-state index contributed by atoms with van der Waals surface area (Å²) in [7, 11) is 1.31. The number of nitrogens with one attached hydrogen (secondary N) is 1. The highest BCUT2D eigenvalue weighted by molar-refractivity contribution is 7.99. The molecule has 3 aromatic rings. The SMILES string of the molecule is CCn1c(Cc2ccccc2)nnc1SCC(=O)Nc1ccsc1C(=O)OC. The average Bonchev–Trinajstić information content (AvgIpc) is 3.33. The zero-order chi connectivity index (χ0) is 19.9. The first-order valence-electron chi connectivity index (χ1n) is 8.66. The van der Waals surface area contributed by atoms with Crippen molar-refractivity contribution < 1.29 is 14.3 Å². The average molecular weight is 417 g/mol. The lowest BCUT2D eigenvalue weighted by atomic mass is 10.1. The third kappa shape index (κ3) is 4.79. The molecule has 146 valence electrons. The number of hydrogen-bond donors (Lipinski definition) is 1. The number of nitrogens with zero attached hydrogens (tertiary/aromatic N) is 3. The molecule has 1 aromatic carbocycles. The fraction of sp³-hybridized carbons (Fsp3) is 0.263. The summed E-state index contributed by atoms with van der Waals surface area (Å²) < 4.78 is 6.73. The summed E-state index contributed by atoms with van der Waals surface area (Å²) in [5.74, 6) is 0.348. The summed E-state index contributed by atoms with van der Waals surface area (Å²) in [5.41, 5.74) is 1.62. The standard InChI is InChI=1S/C19H20N4O3S2/c1-3-23-15(11-13-7-5-4-6-8-13)21-22-19(23)28-12-16(24)20-14-9-10-27-17(14)18(25)26-2/h4-10H,3,11-12H2,1-2H3,(H,20,24). The first-order chi connectivity index (χ1) is 13.6. The van der Waals surface area contributed by atoms with Crippen molar-refractivity contribution in [3.63, 3.8) is 0 Å². The first kappa shape index (κ1) is 20.1. The van der Waals surface area contributed by atoms with Crippen LogP contribution in [-0.4, -0.2) is 39.5 Å². The zero-order valence-electron chi connectivity index (χ0n) is 15.5. The number of hydrogen-bond acceptors (Lipinski definition) is 7. The van der Waals surface area contributed by atoms with E-state index in [1.807, 2.05) is 29.7 Å². The monoisotopic (exact) mass is 416 g/mol. The number of aromatic nitrogens is 3. The fourth-order valence-corrected chi connectivity index (χ4v) is 4.21. The molecule has 0 bridgehead atoms. The highest BCUT2D eigenvalue weighted by Gasteiger charge is 2.17. The van der Waals surface area contributed by atoms with Crippen LogP contribution < -0.4 is 5.32 Å². The van der Waals surface area contributed by atoms with E-state index in [-0.39, 0.29) is 11.7 Å². The number of thioether (sulfide) groups is 1. The molecule has 3 rings (SSSR count). The number of carbonyl (C=O) groups is 2. The molecule has 0 saturated carbocycles. The lowest BCUT2D eigenvalue weighted by Crippen LogP contribution is -2.16. The molecule has 2 aromatic heterocycles. The Morgan fingerprint density at radius 1 is 1.21 bits per heavy atom. The number of ether oxygens (including phenoxy) is 1. The van der Waals surface area contributed by atoms with Gasteiger partial charge in [-0.2, -0.15) is 0 Å². The number of benzene rings is 1. The predicted molar refractivity (Wildman–Crippen MR) is 110 cm³/mol. The molecule has 0 fully saturated rings. The van der Waals surface area contributed by atoms with Crippen molar-refractivity contribution in [2.75, 3.05) is 18.2 Å². The molecule has 1 amide bonds. The lowest BCUT2D eigenvalue weighted by Gasteiger charge is -2.08. The molecule has 0 spiro atoms. The maximum absolute atomic E-state index is 12.3. The topological polar surface area (TPSA) is 86.1 Å². The van der Waals surface area contributed by atoms with Crippen LogP contribution in [0.4, 0.5) is 5.69 Å². The number of methoxy groups -OCH3 is 1. The summed E-state index contributed by atoms with van der Waals surface area (Å²) in [6, 6.07) is 11.8. The largest absolute Gasteiger partial charge is 0.465 e. The lowest BCUT2D eigenvalue weighted by molar-refractivity contribution is -0.113. The Labute approximate surface area is 171 Å². The Kier molecular flexibility index (Phi) is 6.83. The zero-order valence-corrected chi connectivity index (χ0v) is 17.2. The Balaban J connectivity index is 1.62. The van der Waals surface area contributed by atoms with Gasteiger partial charge >= 0.3 is 5.97 Å². The molecule has 0 aliphatic heterocycles. The molecule has 1 N–H and O–H groups in total. The number of esters is 1. The van der Waals surface area contributed by atoms with Crippen LogP contribution in [0.3, 0.4) is 0 Å². The highest BCUT2D eigenvalue weighted by atomic mass is 32.2. The molecule has 0 saturated heterocycles. The molecule has 0 unspecified atom stereocenters. The molecular formula is C19H20N4O3S2. The quantitative estimate of drug-likeness (QED) is 0.447. The van der Waals surface area contributed by atoms with Gasteiger partial charge in [-0.3, -0.25) is 4.79 Å². The minimum atomic E-state index is -0.464. The highest BCUT2D eigenvalue weighted by Crippen LogP contribution is 2.24. The maximum Gasteiger partial charge on any atom is 0.350 e. The molecular weight excluding hydrogens is 396 g/mol. The minimum Gasteiger partial charge on any atom is -0.465 e. The smallest absolute Gasteiger partial charge is 0.350 e. The van der Waals surface area contributed by atoms with E-state index < -0.39 is 5.97 Å². The minimum absolute atomic E-state index is 0.167. The van der Waals surface area contributed by atoms with E-state index in [9.17, 15) is 9.59 Å². The predicted octanol–water partition coefficient (Wildman–Crippen LogP) is 3.47. The van der Waals surface area contributed by atoms with Gasteiger partial charge in [0.2, 0.25) is 5.91 Å². The fourth-order valence-electron chi connectivity index (χ4n) is 2.63. The Morgan fingerprint density at radius 3 is 2.71 bits per heavy atom. The molecule has 0 aliphatic carbocycles. The van der Waals surface area contributed by atoms with Crippen molar-refractivity contribution >= 4 is 40.7 Å². The number of anilines is 1. The second kappa shape index (κ2) is 9.52. The third-order valence-corrected chi connectivity index (χ3v) is 5.82. The van der Waals surface area contributed by atoms with Crippen molar-refractivity contribution in [2.45, 2.75) is 25.0 Å². The van der Waals surface area contributed by atoms with Gasteiger partial charge < -0.3 is 14.6 Å². The van der Waals surface area contributed by atoms with E-state index in [4.69, 9.17) is 4.74 Å². The first-order valence-corrected chi connectivity index (χ1v) is 10.5. The van der Waals surface area contributed by atoms with Crippen LogP contribution in [-0.2, 0) is 22.5 Å². The van der Waals surface area contributed by atoms with Crippen LogP contribution in [0.15, 0.2) is 46.9 Å². The van der Waals surface area contributed by atoms with Gasteiger partial charge in [0.05, 0.1) is 18.6 Å². The summed E-state index contributed by atoms with van der Waals surface area (Å²) in [4.78, 5) is 24.4. The molecule has 7 nitrogen and oxygen atoms in total. The van der Waals surface area contributed by atoms with E-state index >= 15 is 0 Å². The summed E-state index contributed by atoms with van der Waals surface area (Å²) in [6.07, 6.45) is 0.686. The van der Waals surface area contributed by atoms with Crippen LogP contribution >= 0.6 is 23.1 Å². The second-order valence-electron chi connectivity index (χ2n) is 5.80. The Bertz CT molecular complexity index is 953. The van der Waals surface area contributed by atoms with Gasteiger partial charge in [-0.25, -0.2) is 4.79 Å². The van der Waals surface area contributed by atoms with Gasteiger partial charge in [-0.05, 0) is 23.9 Å². The van der Waals surface area contributed by atoms with E-state index in [0.717, 1.165) is 17.9 Å². The van der Waals surface area contributed by atoms with Crippen LogP contribution in [0.1, 0.15) is 28.0 Å². The van der Waals surface area contributed by atoms with Crippen molar-refractivity contribution in [2.24, 2.45) is 0 Å². The van der Waals surface area contributed by atoms with Gasteiger partial charge in [0, 0.05) is 13.0 Å². The molecule has 0 atom stereocenters. The van der Waals surface area contributed by atoms with Crippen molar-refractivity contribution in [1.82, 2.24) is 14.8 Å². The van der Waals surface area contributed by atoms with Crippen molar-refractivity contribution in [3.8, 4) is 0 Å². The van der Waals surface area contributed by atoms with Crippen LogP contribution in [0.5, 0.6) is 0 Å². The number of amides is 1. The number of carbonyl (C=O) groups excluding carboxylic acids is 2. The summed E-state index contributed by atoms with van der Waals surface area (Å²) in [5, 5.41) is 13.7. The summed E-state index contributed by atoms with van der Waals surface area (Å²) >= 11 is 2.54. The molecule has 28 heavy (non-hydrogen) atoms. The molecule has 0 aliphatic rings. The number of rotatable bonds is 8. The molecule has 2 heterocycles. The van der Waals surface area contributed by atoms with Crippen molar-refractivity contribution in [3.05, 3.63) is 58.0 Å². The molecule has 9 heteroatoms. The number of thiophene rings is 1. The van der Waals surface area contributed by atoms with Gasteiger partial charge in [-0.15, -0.1) is 21.5 Å². The van der Waals surface area contributed by atoms with Crippen molar-refractivity contribution in [1.29, 1.82) is 0 Å².